The quantitative estimate of drug-likeness (QED) is 0.622. The topological polar surface area (TPSA) is 113 Å². The van der Waals surface area contributed by atoms with Gasteiger partial charge in [0.2, 0.25) is 0 Å². The highest BCUT2D eigenvalue weighted by atomic mass is 32.2. The predicted octanol–water partition coefficient (Wildman–Crippen LogP) is -0.183. The van der Waals surface area contributed by atoms with Crippen molar-refractivity contribution >= 4 is 16.0 Å². The van der Waals surface area contributed by atoms with Gasteiger partial charge in [-0.1, -0.05) is 4.89 Å². The first-order chi connectivity index (χ1) is 7.45. The highest BCUT2D eigenvalue weighted by Gasteiger charge is 2.11. The monoisotopic (exact) mass is 247 g/mol. The van der Waals surface area contributed by atoms with Crippen molar-refractivity contribution in [1.82, 2.24) is 4.89 Å². The highest BCUT2D eigenvalue weighted by molar-refractivity contribution is 7.89. The fraction of sp³-hybridized carbons (Fsp3) is 0.125. The van der Waals surface area contributed by atoms with Crippen LogP contribution in [0.3, 0.4) is 0 Å². The average Bonchev–Trinajstić information content (AvgIpc) is 2.27. The van der Waals surface area contributed by atoms with Crippen molar-refractivity contribution in [3.8, 4) is 5.75 Å². The Balaban J connectivity index is 2.80. The Morgan fingerprint density at radius 1 is 1.31 bits per heavy atom. The zero-order valence-electron chi connectivity index (χ0n) is 7.95. The summed E-state index contributed by atoms with van der Waals surface area (Å²) in [6, 6.07) is 4.92. The van der Waals surface area contributed by atoms with E-state index >= 15 is 0 Å². The molecule has 0 atom stereocenters. The molecular weight excluding hydrogens is 238 g/mol. The number of hydrogen-bond acceptors (Lipinski definition) is 5. The molecule has 16 heavy (non-hydrogen) atoms. The molecule has 7 nitrogen and oxygen atoms in total. The molecule has 0 aromatic heterocycles. The lowest BCUT2D eigenvalue weighted by Crippen LogP contribution is -2.19. The Kier molecular flexibility index (Phi) is 3.82. The molecular formula is C8H9NO6S. The van der Waals surface area contributed by atoms with Gasteiger partial charge in [-0.05, 0) is 24.3 Å². The van der Waals surface area contributed by atoms with Crippen molar-refractivity contribution in [3.63, 3.8) is 0 Å². The van der Waals surface area contributed by atoms with Gasteiger partial charge >= 0.3 is 5.97 Å². The maximum absolute atomic E-state index is 11.1. The van der Waals surface area contributed by atoms with Crippen molar-refractivity contribution in [2.24, 2.45) is 0 Å². The maximum Gasteiger partial charge on any atom is 0.341 e. The van der Waals surface area contributed by atoms with Gasteiger partial charge in [-0.3, -0.25) is 0 Å². The lowest BCUT2D eigenvalue weighted by molar-refractivity contribution is -0.139. The third-order valence-electron chi connectivity index (χ3n) is 1.62. The van der Waals surface area contributed by atoms with Crippen LogP contribution in [0.25, 0.3) is 0 Å². The normalized spacial score (nSPS) is 11.1. The van der Waals surface area contributed by atoms with Crippen LogP contribution in [-0.2, 0) is 14.8 Å². The van der Waals surface area contributed by atoms with E-state index in [1.165, 1.54) is 24.3 Å². The number of sulfonamides is 1. The second-order valence-corrected chi connectivity index (χ2v) is 4.41. The van der Waals surface area contributed by atoms with E-state index in [4.69, 9.17) is 15.1 Å². The van der Waals surface area contributed by atoms with Crippen LogP contribution in [0.15, 0.2) is 29.2 Å². The number of hydrogen-bond donors (Lipinski definition) is 3. The number of benzene rings is 1. The molecule has 0 saturated heterocycles. The second kappa shape index (κ2) is 4.92. The molecule has 0 saturated carbocycles. The molecule has 88 valence electrons. The summed E-state index contributed by atoms with van der Waals surface area (Å²) < 4.78 is 27.0. The molecule has 1 aromatic rings. The van der Waals surface area contributed by atoms with Gasteiger partial charge in [0, 0.05) is 0 Å². The van der Waals surface area contributed by atoms with Gasteiger partial charge in [-0.25, -0.2) is 13.2 Å². The first-order valence-corrected chi connectivity index (χ1v) is 5.54. The van der Waals surface area contributed by atoms with E-state index in [1.54, 1.807) is 0 Å². The molecule has 0 bridgehead atoms. The van der Waals surface area contributed by atoms with E-state index in [0.29, 0.717) is 0 Å². The summed E-state index contributed by atoms with van der Waals surface area (Å²) >= 11 is 0. The van der Waals surface area contributed by atoms with E-state index in [-0.39, 0.29) is 10.6 Å². The lowest BCUT2D eigenvalue weighted by Gasteiger charge is -2.04. The van der Waals surface area contributed by atoms with Gasteiger partial charge in [0.05, 0.1) is 4.90 Å². The smallest absolute Gasteiger partial charge is 0.341 e. The van der Waals surface area contributed by atoms with E-state index < -0.39 is 22.6 Å². The van der Waals surface area contributed by atoms with Gasteiger partial charge in [0.1, 0.15) is 5.75 Å². The number of carboxylic acid groups (broad SMARTS) is 1. The van der Waals surface area contributed by atoms with E-state index in [1.807, 2.05) is 0 Å². The SMILES string of the molecule is O=C(O)COc1ccc(S(=O)(=O)NO)cc1. The number of rotatable bonds is 5. The molecule has 0 amide bonds. The lowest BCUT2D eigenvalue weighted by atomic mass is 10.3. The molecule has 8 heteroatoms. The molecule has 3 N–H and O–H groups in total. The third kappa shape index (κ3) is 3.19. The van der Waals surface area contributed by atoms with Crippen molar-refractivity contribution in [3.05, 3.63) is 24.3 Å². The van der Waals surface area contributed by atoms with E-state index in [2.05, 4.69) is 0 Å². The summed E-state index contributed by atoms with van der Waals surface area (Å²) in [4.78, 5) is 11.2. The number of carboxylic acids is 1. The standard InChI is InChI=1S/C8H9NO6S/c10-8(11)5-15-6-1-3-7(4-2-6)16(13,14)9-12/h1-4,9,12H,5H2,(H,10,11). The van der Waals surface area contributed by atoms with Crippen LogP contribution < -0.4 is 9.62 Å². The Morgan fingerprint density at radius 3 is 2.31 bits per heavy atom. The number of carbonyl (C=O) groups is 1. The first kappa shape index (κ1) is 12.4. The van der Waals surface area contributed by atoms with Gasteiger partial charge in [0.25, 0.3) is 10.0 Å². The van der Waals surface area contributed by atoms with Crippen LogP contribution in [-0.4, -0.2) is 31.3 Å². The highest BCUT2D eigenvalue weighted by Crippen LogP contribution is 2.15. The van der Waals surface area contributed by atoms with Crippen molar-refractivity contribution in [2.75, 3.05) is 6.61 Å². The van der Waals surface area contributed by atoms with Crippen LogP contribution in [0.1, 0.15) is 0 Å². The summed E-state index contributed by atoms with van der Waals surface area (Å²) in [5, 5.41) is 16.7. The third-order valence-corrected chi connectivity index (χ3v) is 2.75. The van der Waals surface area contributed by atoms with Gasteiger partial charge < -0.3 is 15.1 Å². The maximum atomic E-state index is 11.1. The Labute approximate surface area is 91.3 Å². The van der Waals surface area contributed by atoms with Crippen molar-refractivity contribution < 1.29 is 28.3 Å². The molecule has 0 spiro atoms. The number of ether oxygens (including phenoxy) is 1. The Morgan fingerprint density at radius 2 is 1.88 bits per heavy atom. The van der Waals surface area contributed by atoms with Crippen LogP contribution in [0, 0.1) is 0 Å². The molecule has 1 rings (SSSR count). The Bertz CT molecular complexity index is 466. The molecule has 0 aliphatic carbocycles. The molecule has 0 fully saturated rings. The second-order valence-electron chi connectivity index (χ2n) is 2.75. The number of aliphatic carboxylic acids is 1. The molecule has 1 aromatic carbocycles. The minimum atomic E-state index is -3.91. The van der Waals surface area contributed by atoms with Crippen LogP contribution in [0.2, 0.25) is 0 Å². The zero-order chi connectivity index (χ0) is 12.2. The van der Waals surface area contributed by atoms with Crippen molar-refractivity contribution in [1.29, 1.82) is 0 Å². The number of nitrogens with one attached hydrogen (secondary N) is 1. The Hall–Kier alpha value is -1.64. The minimum absolute atomic E-state index is 0.155. The summed E-state index contributed by atoms with van der Waals surface area (Å²) in [5.41, 5.74) is 0. The molecule has 0 unspecified atom stereocenters. The van der Waals surface area contributed by atoms with Crippen LogP contribution in [0.4, 0.5) is 0 Å². The van der Waals surface area contributed by atoms with Crippen LogP contribution >= 0.6 is 0 Å². The summed E-state index contributed by atoms with van der Waals surface area (Å²) in [6.45, 7) is -0.510. The summed E-state index contributed by atoms with van der Waals surface area (Å²) in [7, 11) is -3.91. The van der Waals surface area contributed by atoms with Gasteiger partial charge in [-0.15, -0.1) is 0 Å². The summed E-state index contributed by atoms with van der Waals surface area (Å²) in [6.07, 6.45) is 0. The molecule has 0 heterocycles. The molecule has 0 aliphatic rings. The molecule has 0 radical (unpaired) electrons. The van der Waals surface area contributed by atoms with Gasteiger partial charge in [-0.2, -0.15) is 0 Å². The van der Waals surface area contributed by atoms with E-state index in [9.17, 15) is 13.2 Å². The predicted molar refractivity (Wildman–Crippen MR) is 51.7 cm³/mol. The van der Waals surface area contributed by atoms with E-state index in [0.717, 1.165) is 4.89 Å². The fourth-order valence-electron chi connectivity index (χ4n) is 0.913. The van der Waals surface area contributed by atoms with Gasteiger partial charge in [0.15, 0.2) is 6.61 Å². The average molecular weight is 247 g/mol. The fourth-order valence-corrected chi connectivity index (χ4v) is 1.51. The minimum Gasteiger partial charge on any atom is -0.482 e. The zero-order valence-corrected chi connectivity index (χ0v) is 8.77. The van der Waals surface area contributed by atoms with Crippen LogP contribution in [0.5, 0.6) is 5.75 Å². The van der Waals surface area contributed by atoms with Crippen molar-refractivity contribution in [2.45, 2.75) is 4.90 Å². The largest absolute Gasteiger partial charge is 0.482 e. The molecule has 0 aliphatic heterocycles. The summed E-state index contributed by atoms with van der Waals surface area (Å²) in [5.74, 6) is -0.909. The first-order valence-electron chi connectivity index (χ1n) is 4.06.